The number of nitriles is 1. The van der Waals surface area contributed by atoms with Gasteiger partial charge in [0, 0.05) is 6.07 Å². The molecule has 1 heterocycles. The van der Waals surface area contributed by atoms with E-state index in [1.54, 1.807) is 0 Å². The minimum Gasteiger partial charge on any atom is -0.208 e. The Balaban J connectivity index is 3.41. The minimum atomic E-state index is -2.93. The summed E-state index contributed by atoms with van der Waals surface area (Å²) in [6, 6.07) is 1.99. The van der Waals surface area contributed by atoms with Gasteiger partial charge in [-0.2, -0.15) is 9.65 Å². The molecule has 0 saturated heterocycles. The quantitative estimate of drug-likeness (QED) is 0.663. The highest BCUT2D eigenvalue weighted by Gasteiger charge is 2.19. The second kappa shape index (κ2) is 3.62. The first kappa shape index (κ1) is 9.81. The molecule has 2 nitrogen and oxygen atoms in total. The molecule has 6 heteroatoms. The van der Waals surface area contributed by atoms with Crippen LogP contribution < -0.4 is 0 Å². The SMILES string of the molecule is N#Cc1nc(F)cc(Cl)c1C(F)F. The zero-order chi connectivity index (χ0) is 10.0. The first-order valence-electron chi connectivity index (χ1n) is 3.10. The van der Waals surface area contributed by atoms with Crippen LogP contribution in [-0.4, -0.2) is 4.98 Å². The van der Waals surface area contributed by atoms with Gasteiger partial charge in [-0.15, -0.1) is 0 Å². The molecule has 0 aliphatic heterocycles. The van der Waals surface area contributed by atoms with Crippen LogP contribution in [0, 0.1) is 17.3 Å². The predicted octanol–water partition coefficient (Wildman–Crippen LogP) is 2.68. The Hall–Kier alpha value is -1.28. The summed E-state index contributed by atoms with van der Waals surface area (Å²) in [6.07, 6.45) is -2.93. The van der Waals surface area contributed by atoms with Gasteiger partial charge in [-0.3, -0.25) is 0 Å². The number of hydrogen-bond donors (Lipinski definition) is 0. The Morgan fingerprint density at radius 3 is 2.62 bits per heavy atom. The highest BCUT2D eigenvalue weighted by molar-refractivity contribution is 6.31. The summed E-state index contributed by atoms with van der Waals surface area (Å²) in [4.78, 5) is 2.98. The number of nitrogens with zero attached hydrogens (tertiary/aromatic N) is 2. The number of halogens is 4. The molecule has 0 unspecified atom stereocenters. The number of pyridine rings is 1. The average Bonchev–Trinajstić information content (AvgIpc) is 2.01. The van der Waals surface area contributed by atoms with Crippen LogP contribution in [0.2, 0.25) is 5.02 Å². The Kier molecular flexibility index (Phi) is 2.73. The van der Waals surface area contributed by atoms with Crippen molar-refractivity contribution in [2.24, 2.45) is 0 Å². The van der Waals surface area contributed by atoms with Gasteiger partial charge >= 0.3 is 0 Å². The van der Waals surface area contributed by atoms with Crippen LogP contribution in [0.25, 0.3) is 0 Å². The zero-order valence-corrected chi connectivity index (χ0v) is 6.82. The van der Waals surface area contributed by atoms with E-state index in [9.17, 15) is 13.2 Å². The van der Waals surface area contributed by atoms with Crippen molar-refractivity contribution in [3.63, 3.8) is 0 Å². The van der Waals surface area contributed by atoms with Crippen LogP contribution in [0.3, 0.4) is 0 Å². The van der Waals surface area contributed by atoms with Crippen molar-refractivity contribution < 1.29 is 13.2 Å². The van der Waals surface area contributed by atoms with Gasteiger partial charge in [0.1, 0.15) is 6.07 Å². The maximum atomic E-state index is 12.5. The molecule has 0 atom stereocenters. The first-order valence-corrected chi connectivity index (χ1v) is 3.48. The van der Waals surface area contributed by atoms with Crippen LogP contribution >= 0.6 is 11.6 Å². The van der Waals surface area contributed by atoms with Gasteiger partial charge in [-0.05, 0) is 0 Å². The molecule has 1 aromatic rings. The van der Waals surface area contributed by atoms with Gasteiger partial charge in [0.05, 0.1) is 10.6 Å². The summed E-state index contributed by atoms with van der Waals surface area (Å²) >= 11 is 5.30. The van der Waals surface area contributed by atoms with Crippen molar-refractivity contribution in [1.29, 1.82) is 5.26 Å². The van der Waals surface area contributed by atoms with Crippen molar-refractivity contribution in [2.45, 2.75) is 6.43 Å². The summed E-state index contributed by atoms with van der Waals surface area (Å²) in [5, 5.41) is 7.86. The van der Waals surface area contributed by atoms with Crippen LogP contribution in [0.4, 0.5) is 13.2 Å². The fourth-order valence-electron chi connectivity index (χ4n) is 0.788. The third-order valence-electron chi connectivity index (χ3n) is 1.30. The van der Waals surface area contributed by atoms with Gasteiger partial charge in [0.2, 0.25) is 5.95 Å². The topological polar surface area (TPSA) is 36.7 Å². The van der Waals surface area contributed by atoms with Gasteiger partial charge in [-0.25, -0.2) is 13.8 Å². The molecular formula is C7H2ClF3N2. The van der Waals surface area contributed by atoms with E-state index in [2.05, 4.69) is 4.98 Å². The Morgan fingerprint density at radius 1 is 1.54 bits per heavy atom. The molecule has 0 bridgehead atoms. The summed E-state index contributed by atoms with van der Waals surface area (Å²) < 4.78 is 36.9. The molecule has 0 radical (unpaired) electrons. The molecule has 0 spiro atoms. The smallest absolute Gasteiger partial charge is 0.208 e. The molecule has 68 valence electrons. The predicted molar refractivity (Wildman–Crippen MR) is 38.9 cm³/mol. The number of alkyl halides is 2. The van der Waals surface area contributed by atoms with Crippen LogP contribution in [0.1, 0.15) is 17.7 Å². The molecule has 0 fully saturated rings. The molecule has 0 saturated carbocycles. The van der Waals surface area contributed by atoms with Crippen molar-refractivity contribution in [3.05, 3.63) is 28.3 Å². The van der Waals surface area contributed by atoms with Gasteiger partial charge in [-0.1, -0.05) is 11.6 Å². The summed E-state index contributed by atoms with van der Waals surface area (Å²) in [7, 11) is 0. The third kappa shape index (κ3) is 1.90. The Morgan fingerprint density at radius 2 is 2.15 bits per heavy atom. The maximum Gasteiger partial charge on any atom is 0.268 e. The third-order valence-corrected chi connectivity index (χ3v) is 1.61. The highest BCUT2D eigenvalue weighted by atomic mass is 35.5. The number of rotatable bonds is 1. The van der Waals surface area contributed by atoms with E-state index in [1.807, 2.05) is 0 Å². The molecule has 0 amide bonds. The summed E-state index contributed by atoms with van der Waals surface area (Å²) in [6.45, 7) is 0. The van der Waals surface area contributed by atoms with E-state index in [-0.39, 0.29) is 0 Å². The van der Waals surface area contributed by atoms with E-state index in [0.29, 0.717) is 6.07 Å². The second-order valence-corrected chi connectivity index (χ2v) is 2.51. The fourth-order valence-corrected chi connectivity index (χ4v) is 1.05. The first-order chi connectivity index (χ1) is 6.06. The molecule has 1 rings (SSSR count). The standard InChI is InChI=1S/C7H2ClF3N2/c8-3-1-5(9)13-4(2-12)6(3)7(10)11/h1,7H. The molecule has 0 N–H and O–H groups in total. The van der Waals surface area contributed by atoms with E-state index in [0.717, 1.165) is 0 Å². The van der Waals surface area contributed by atoms with E-state index in [4.69, 9.17) is 16.9 Å². The van der Waals surface area contributed by atoms with Crippen LogP contribution in [0.15, 0.2) is 6.07 Å². The second-order valence-electron chi connectivity index (χ2n) is 2.10. The van der Waals surface area contributed by atoms with Crippen molar-refractivity contribution >= 4 is 11.6 Å². The molecule has 0 aliphatic carbocycles. The van der Waals surface area contributed by atoms with Gasteiger partial charge < -0.3 is 0 Å². The van der Waals surface area contributed by atoms with E-state index < -0.39 is 28.7 Å². The Bertz CT molecular complexity index is 373. The molecule has 1 aromatic heterocycles. The number of aromatic nitrogens is 1. The lowest BCUT2D eigenvalue weighted by Gasteiger charge is -2.03. The van der Waals surface area contributed by atoms with Gasteiger partial charge in [0.25, 0.3) is 6.43 Å². The van der Waals surface area contributed by atoms with E-state index in [1.165, 1.54) is 6.07 Å². The molecule has 0 aliphatic rings. The van der Waals surface area contributed by atoms with Crippen LogP contribution in [-0.2, 0) is 0 Å². The zero-order valence-electron chi connectivity index (χ0n) is 6.06. The monoisotopic (exact) mass is 206 g/mol. The van der Waals surface area contributed by atoms with Crippen molar-refractivity contribution in [3.8, 4) is 6.07 Å². The molecule has 0 aromatic carbocycles. The largest absolute Gasteiger partial charge is 0.268 e. The molecular weight excluding hydrogens is 205 g/mol. The molecule has 13 heavy (non-hydrogen) atoms. The lowest BCUT2D eigenvalue weighted by atomic mass is 10.2. The Labute approximate surface area is 76.6 Å². The van der Waals surface area contributed by atoms with E-state index >= 15 is 0 Å². The van der Waals surface area contributed by atoms with Crippen molar-refractivity contribution in [2.75, 3.05) is 0 Å². The highest BCUT2D eigenvalue weighted by Crippen LogP contribution is 2.29. The summed E-state index contributed by atoms with van der Waals surface area (Å²) in [5.74, 6) is -1.05. The lowest BCUT2D eigenvalue weighted by molar-refractivity contribution is 0.150. The number of hydrogen-bond acceptors (Lipinski definition) is 2. The van der Waals surface area contributed by atoms with Gasteiger partial charge in [0.15, 0.2) is 5.69 Å². The van der Waals surface area contributed by atoms with Crippen molar-refractivity contribution in [1.82, 2.24) is 4.98 Å². The fraction of sp³-hybridized carbons (Fsp3) is 0.143. The maximum absolute atomic E-state index is 12.5. The summed E-state index contributed by atoms with van der Waals surface area (Å²) in [5.41, 5.74) is -1.41. The average molecular weight is 207 g/mol. The van der Waals surface area contributed by atoms with Crippen LogP contribution in [0.5, 0.6) is 0 Å². The minimum absolute atomic E-state index is 0.487. The normalized spacial score (nSPS) is 10.2. The lowest BCUT2D eigenvalue weighted by Crippen LogP contribution is -1.98.